The van der Waals surface area contributed by atoms with E-state index >= 15 is 0 Å². The summed E-state index contributed by atoms with van der Waals surface area (Å²) in [5, 5.41) is 14.4. The van der Waals surface area contributed by atoms with E-state index in [4.69, 9.17) is 4.42 Å². The molecule has 0 aliphatic heterocycles. The minimum Gasteiger partial charge on any atom is -0.443 e. The first-order valence-electron chi connectivity index (χ1n) is 13.9. The minimum atomic E-state index is 0.648. The fraction of sp³-hybridized carbons (Fsp3) is 0.111. The van der Waals surface area contributed by atoms with Gasteiger partial charge >= 0.3 is 0 Å². The predicted octanol–water partition coefficient (Wildman–Crippen LogP) is 10.6. The molecule has 0 aliphatic rings. The van der Waals surface area contributed by atoms with Crippen LogP contribution in [-0.2, 0) is 0 Å². The van der Waals surface area contributed by atoms with E-state index in [-0.39, 0.29) is 0 Å². The maximum absolute atomic E-state index is 9.61. The standard InChI is InChI=1S/C32H17N3OS.C4H10/c33-17-19-5-9-28-24(13-19)25-14-20(21-7-12-32-26(15-21)23-3-1-2-4-31(23)37-32)6-10-29(25)35(28)22-8-11-30-27(16-22)34-18-36-30;1-3-4-2/h1-16,18H;3-4H2,1-2H3. The van der Waals surface area contributed by atoms with E-state index in [0.717, 1.165) is 44.2 Å². The van der Waals surface area contributed by atoms with Crippen molar-refractivity contribution < 1.29 is 4.42 Å². The van der Waals surface area contributed by atoms with E-state index in [2.05, 4.69) is 90.1 Å². The molecular formula is C36H27N3OS. The number of fused-ring (bicyclic) bond motifs is 7. The molecule has 0 unspecified atom stereocenters. The lowest BCUT2D eigenvalue weighted by Gasteiger charge is -2.08. The fourth-order valence-corrected chi connectivity index (χ4v) is 6.53. The Hall–Kier alpha value is -4.92. The van der Waals surface area contributed by atoms with Crippen LogP contribution in [0, 0.1) is 11.3 Å². The molecule has 0 atom stereocenters. The van der Waals surface area contributed by atoms with Gasteiger partial charge in [0.2, 0.25) is 0 Å². The lowest BCUT2D eigenvalue weighted by Crippen LogP contribution is -1.93. The van der Waals surface area contributed by atoms with E-state index in [1.54, 1.807) is 0 Å². The Bertz CT molecular complexity index is 2260. The molecule has 0 aliphatic carbocycles. The van der Waals surface area contributed by atoms with Gasteiger partial charge in [-0.05, 0) is 77.9 Å². The Balaban J connectivity index is 0.000000651. The van der Waals surface area contributed by atoms with Gasteiger partial charge in [0.1, 0.15) is 5.52 Å². The average molecular weight is 550 g/mol. The Morgan fingerprint density at radius 2 is 1.44 bits per heavy atom. The number of aromatic nitrogens is 2. The molecule has 0 bridgehead atoms. The fourth-order valence-electron chi connectivity index (χ4n) is 5.44. The van der Waals surface area contributed by atoms with E-state index < -0.39 is 0 Å². The molecule has 4 nitrogen and oxygen atoms in total. The number of rotatable bonds is 3. The van der Waals surface area contributed by atoms with E-state index in [0.29, 0.717) is 5.56 Å². The molecule has 0 N–H and O–H groups in total. The number of oxazole rings is 1. The molecule has 0 amide bonds. The second-order valence-corrected chi connectivity index (χ2v) is 11.3. The number of unbranched alkanes of at least 4 members (excludes halogenated alkanes) is 1. The Kier molecular flexibility index (Phi) is 6.26. The highest BCUT2D eigenvalue weighted by molar-refractivity contribution is 7.25. The molecule has 3 heterocycles. The second kappa shape index (κ2) is 10.2. The summed E-state index contributed by atoms with van der Waals surface area (Å²) in [7, 11) is 0. The summed E-state index contributed by atoms with van der Waals surface area (Å²) in [6.07, 6.45) is 4.11. The smallest absolute Gasteiger partial charge is 0.181 e. The van der Waals surface area contributed by atoms with Gasteiger partial charge in [-0.3, -0.25) is 0 Å². The first kappa shape index (κ1) is 25.1. The number of benzene rings is 5. The third kappa shape index (κ3) is 4.25. The summed E-state index contributed by atoms with van der Waals surface area (Å²) in [6, 6.07) is 36.2. The van der Waals surface area contributed by atoms with Crippen molar-refractivity contribution in [2.24, 2.45) is 0 Å². The average Bonchev–Trinajstić information content (AvgIpc) is 3.73. The molecule has 8 aromatic rings. The number of hydrogen-bond donors (Lipinski definition) is 0. The molecule has 198 valence electrons. The van der Waals surface area contributed by atoms with Crippen molar-refractivity contribution in [1.82, 2.24) is 9.55 Å². The van der Waals surface area contributed by atoms with Crippen LogP contribution in [0.5, 0.6) is 0 Å². The maximum atomic E-state index is 9.61. The van der Waals surface area contributed by atoms with Crippen molar-refractivity contribution in [1.29, 1.82) is 5.26 Å². The predicted molar refractivity (Wildman–Crippen MR) is 172 cm³/mol. The second-order valence-electron chi connectivity index (χ2n) is 10.2. The van der Waals surface area contributed by atoms with Crippen molar-refractivity contribution in [3.05, 3.63) is 109 Å². The van der Waals surface area contributed by atoms with Crippen LogP contribution in [0.25, 0.3) is 69.9 Å². The molecule has 0 saturated heterocycles. The van der Waals surface area contributed by atoms with Crippen molar-refractivity contribution in [2.45, 2.75) is 26.7 Å². The highest BCUT2D eigenvalue weighted by Gasteiger charge is 2.15. The normalized spacial score (nSPS) is 11.3. The van der Waals surface area contributed by atoms with E-state index in [1.807, 2.05) is 47.7 Å². The van der Waals surface area contributed by atoms with Gasteiger partial charge < -0.3 is 8.98 Å². The third-order valence-electron chi connectivity index (χ3n) is 7.68. The zero-order valence-corrected chi connectivity index (χ0v) is 23.7. The van der Waals surface area contributed by atoms with Crippen molar-refractivity contribution in [2.75, 3.05) is 0 Å². The Morgan fingerprint density at radius 3 is 2.24 bits per heavy atom. The molecule has 0 spiro atoms. The van der Waals surface area contributed by atoms with Gasteiger partial charge in [0.25, 0.3) is 0 Å². The van der Waals surface area contributed by atoms with Crippen molar-refractivity contribution >= 4 is 64.4 Å². The number of thiophene rings is 1. The molecule has 0 radical (unpaired) electrons. The Morgan fingerprint density at radius 1 is 0.732 bits per heavy atom. The maximum Gasteiger partial charge on any atom is 0.181 e. The van der Waals surface area contributed by atoms with Gasteiger partial charge in [0.15, 0.2) is 12.0 Å². The van der Waals surface area contributed by atoms with Crippen LogP contribution >= 0.6 is 11.3 Å². The first-order chi connectivity index (χ1) is 20.2. The molecular weight excluding hydrogens is 522 g/mol. The molecule has 5 aromatic carbocycles. The van der Waals surface area contributed by atoms with Crippen LogP contribution in [-0.4, -0.2) is 9.55 Å². The summed E-state index contributed by atoms with van der Waals surface area (Å²) in [5.41, 5.74) is 7.69. The molecule has 3 aromatic heterocycles. The lowest BCUT2D eigenvalue weighted by molar-refractivity contribution is 0.602. The van der Waals surface area contributed by atoms with E-state index in [9.17, 15) is 5.26 Å². The van der Waals surface area contributed by atoms with Crippen LogP contribution < -0.4 is 0 Å². The number of hydrogen-bond acceptors (Lipinski definition) is 4. The highest BCUT2D eigenvalue weighted by Crippen LogP contribution is 2.39. The largest absolute Gasteiger partial charge is 0.443 e. The van der Waals surface area contributed by atoms with Crippen LogP contribution in [0.3, 0.4) is 0 Å². The molecule has 5 heteroatoms. The van der Waals surface area contributed by atoms with Crippen molar-refractivity contribution in [3.63, 3.8) is 0 Å². The summed E-state index contributed by atoms with van der Waals surface area (Å²) < 4.78 is 10.3. The topological polar surface area (TPSA) is 54.8 Å². The van der Waals surface area contributed by atoms with E-state index in [1.165, 1.54) is 45.0 Å². The molecule has 0 fully saturated rings. The van der Waals surface area contributed by atoms with Gasteiger partial charge in [0.05, 0.1) is 22.7 Å². The summed E-state index contributed by atoms with van der Waals surface area (Å²) in [6.45, 7) is 4.36. The quantitative estimate of drug-likeness (QED) is 0.220. The van der Waals surface area contributed by atoms with Gasteiger partial charge in [-0.25, -0.2) is 4.98 Å². The van der Waals surface area contributed by atoms with Crippen LogP contribution in [0.2, 0.25) is 0 Å². The minimum absolute atomic E-state index is 0.648. The third-order valence-corrected chi connectivity index (χ3v) is 8.83. The number of nitriles is 1. The summed E-state index contributed by atoms with van der Waals surface area (Å²) >= 11 is 1.83. The van der Waals surface area contributed by atoms with Gasteiger partial charge in [0, 0.05) is 36.6 Å². The van der Waals surface area contributed by atoms with Crippen molar-refractivity contribution in [3.8, 4) is 22.9 Å². The van der Waals surface area contributed by atoms with Gasteiger partial charge in [-0.2, -0.15) is 5.26 Å². The van der Waals surface area contributed by atoms with Gasteiger partial charge in [-0.15, -0.1) is 11.3 Å². The summed E-state index contributed by atoms with van der Waals surface area (Å²) in [5.74, 6) is 0. The zero-order chi connectivity index (χ0) is 27.9. The highest BCUT2D eigenvalue weighted by atomic mass is 32.1. The zero-order valence-electron chi connectivity index (χ0n) is 22.9. The van der Waals surface area contributed by atoms with Gasteiger partial charge in [-0.1, -0.05) is 57.0 Å². The monoisotopic (exact) mass is 549 g/mol. The van der Waals surface area contributed by atoms with Crippen LogP contribution in [0.4, 0.5) is 0 Å². The Labute approximate surface area is 241 Å². The number of nitrogens with zero attached hydrogens (tertiary/aromatic N) is 3. The SMILES string of the molecule is CCCC.N#Cc1ccc2c(c1)c1cc(-c3ccc4sc5ccccc5c4c3)ccc1n2-c1ccc2ocnc2c1. The molecule has 0 saturated carbocycles. The summed E-state index contributed by atoms with van der Waals surface area (Å²) in [4.78, 5) is 4.35. The first-order valence-corrected chi connectivity index (χ1v) is 14.7. The van der Waals surface area contributed by atoms with Crippen LogP contribution in [0.15, 0.2) is 108 Å². The molecule has 41 heavy (non-hydrogen) atoms. The van der Waals surface area contributed by atoms with Crippen LogP contribution in [0.1, 0.15) is 32.3 Å². The lowest BCUT2D eigenvalue weighted by atomic mass is 10.0. The molecule has 8 rings (SSSR count).